The zero-order valence-electron chi connectivity index (χ0n) is 14.0. The second kappa shape index (κ2) is 9.05. The van der Waals surface area contributed by atoms with Crippen LogP contribution in [-0.4, -0.2) is 42.2 Å². The summed E-state index contributed by atoms with van der Waals surface area (Å²) >= 11 is 4.19. The highest BCUT2D eigenvalue weighted by Crippen LogP contribution is 2.34. The van der Waals surface area contributed by atoms with Gasteiger partial charge in [-0.25, -0.2) is 0 Å². The molecule has 134 valence electrons. The molecule has 1 saturated heterocycles. The number of nitrogens with one attached hydrogen (secondary N) is 1. The Kier molecular flexibility index (Phi) is 7.07. The number of carbonyl (C=O) groups is 3. The standard InChI is InChI=1S/C17H19BrN2O4S/c1-3-4-7-19-15(21)10-20-16(22)14(25-17(20)23)9-11-8-12(18)5-6-13(11)24-2/h5-6,8-9H,3-4,7,10H2,1-2H3,(H,19,21)/b14-9-. The number of ether oxygens (including phenoxy) is 1. The first kappa shape index (κ1) is 19.5. The fourth-order valence-electron chi connectivity index (χ4n) is 2.20. The van der Waals surface area contributed by atoms with Gasteiger partial charge in [0.25, 0.3) is 11.1 Å². The van der Waals surface area contributed by atoms with E-state index in [9.17, 15) is 14.4 Å². The summed E-state index contributed by atoms with van der Waals surface area (Å²) in [5.41, 5.74) is 0.676. The number of halogens is 1. The molecule has 1 aliphatic rings. The van der Waals surface area contributed by atoms with Crippen molar-refractivity contribution < 1.29 is 19.1 Å². The van der Waals surface area contributed by atoms with E-state index < -0.39 is 11.1 Å². The summed E-state index contributed by atoms with van der Waals surface area (Å²) in [6.45, 7) is 2.29. The summed E-state index contributed by atoms with van der Waals surface area (Å²) in [7, 11) is 1.53. The van der Waals surface area contributed by atoms with Crippen LogP contribution in [0.1, 0.15) is 25.3 Å². The SMILES string of the molecule is CCCCNC(=O)CN1C(=O)S/C(=C\c2cc(Br)ccc2OC)C1=O. The van der Waals surface area contributed by atoms with Crippen molar-refractivity contribution in [1.29, 1.82) is 0 Å². The van der Waals surface area contributed by atoms with Crippen molar-refractivity contribution in [1.82, 2.24) is 10.2 Å². The Labute approximate surface area is 159 Å². The molecule has 1 aliphatic heterocycles. The van der Waals surface area contributed by atoms with Crippen LogP contribution in [0.25, 0.3) is 6.08 Å². The quantitative estimate of drug-likeness (QED) is 0.533. The van der Waals surface area contributed by atoms with Gasteiger partial charge in [0.1, 0.15) is 12.3 Å². The van der Waals surface area contributed by atoms with Crippen LogP contribution in [0.4, 0.5) is 4.79 Å². The first-order chi connectivity index (χ1) is 12.0. The van der Waals surface area contributed by atoms with E-state index in [1.165, 1.54) is 7.11 Å². The van der Waals surface area contributed by atoms with Crippen molar-refractivity contribution in [3.63, 3.8) is 0 Å². The zero-order valence-corrected chi connectivity index (χ0v) is 16.4. The molecule has 2 rings (SSSR count). The highest BCUT2D eigenvalue weighted by Gasteiger charge is 2.36. The molecule has 1 aromatic carbocycles. The summed E-state index contributed by atoms with van der Waals surface area (Å²) in [6, 6.07) is 5.38. The smallest absolute Gasteiger partial charge is 0.294 e. The molecule has 1 fully saturated rings. The number of unbranched alkanes of at least 4 members (excludes halogenated alkanes) is 1. The molecule has 0 unspecified atom stereocenters. The van der Waals surface area contributed by atoms with Crippen molar-refractivity contribution in [2.75, 3.05) is 20.2 Å². The van der Waals surface area contributed by atoms with Gasteiger partial charge in [0.15, 0.2) is 0 Å². The molecule has 0 bridgehead atoms. The van der Waals surface area contributed by atoms with Crippen LogP contribution >= 0.6 is 27.7 Å². The molecule has 0 aromatic heterocycles. The van der Waals surface area contributed by atoms with Crippen LogP contribution in [0.15, 0.2) is 27.6 Å². The molecule has 1 aromatic rings. The van der Waals surface area contributed by atoms with Crippen LogP contribution in [0.3, 0.4) is 0 Å². The summed E-state index contributed by atoms with van der Waals surface area (Å²) in [5.74, 6) is -0.216. The number of hydrogen-bond donors (Lipinski definition) is 1. The lowest BCUT2D eigenvalue weighted by atomic mass is 10.2. The van der Waals surface area contributed by atoms with Gasteiger partial charge in [-0.15, -0.1) is 0 Å². The molecule has 8 heteroatoms. The lowest BCUT2D eigenvalue weighted by Crippen LogP contribution is -2.39. The second-order valence-corrected chi connectivity index (χ2v) is 7.27. The van der Waals surface area contributed by atoms with Crippen molar-refractivity contribution in [2.24, 2.45) is 0 Å². The third kappa shape index (κ3) is 5.09. The Morgan fingerprint density at radius 2 is 2.16 bits per heavy atom. The zero-order chi connectivity index (χ0) is 18.4. The lowest BCUT2D eigenvalue weighted by Gasteiger charge is -2.12. The van der Waals surface area contributed by atoms with E-state index in [2.05, 4.69) is 21.2 Å². The third-order valence-electron chi connectivity index (χ3n) is 3.51. The van der Waals surface area contributed by atoms with Gasteiger partial charge >= 0.3 is 0 Å². The minimum absolute atomic E-state index is 0.263. The summed E-state index contributed by atoms with van der Waals surface area (Å²) in [5, 5.41) is 2.25. The number of rotatable bonds is 7. The Hall–Kier alpha value is -1.80. The highest BCUT2D eigenvalue weighted by atomic mass is 79.9. The molecule has 1 N–H and O–H groups in total. The largest absolute Gasteiger partial charge is 0.496 e. The molecular weight excluding hydrogens is 408 g/mol. The maximum atomic E-state index is 12.5. The highest BCUT2D eigenvalue weighted by molar-refractivity contribution is 9.10. The van der Waals surface area contributed by atoms with Gasteiger partial charge < -0.3 is 10.1 Å². The van der Waals surface area contributed by atoms with Crippen molar-refractivity contribution in [2.45, 2.75) is 19.8 Å². The predicted molar refractivity (Wildman–Crippen MR) is 101 cm³/mol. The van der Waals surface area contributed by atoms with Gasteiger partial charge in [-0.05, 0) is 42.5 Å². The Morgan fingerprint density at radius 1 is 1.40 bits per heavy atom. The molecule has 1 heterocycles. The van der Waals surface area contributed by atoms with Crippen LogP contribution in [-0.2, 0) is 9.59 Å². The maximum absolute atomic E-state index is 12.5. The van der Waals surface area contributed by atoms with Gasteiger partial charge in [0, 0.05) is 16.6 Å². The third-order valence-corrected chi connectivity index (χ3v) is 4.91. The fourth-order valence-corrected chi connectivity index (χ4v) is 3.41. The van der Waals surface area contributed by atoms with Gasteiger partial charge in [-0.1, -0.05) is 29.3 Å². The van der Waals surface area contributed by atoms with Crippen LogP contribution in [0, 0.1) is 0 Å². The lowest BCUT2D eigenvalue weighted by molar-refractivity contribution is -0.129. The van der Waals surface area contributed by atoms with E-state index >= 15 is 0 Å². The fraction of sp³-hybridized carbons (Fsp3) is 0.353. The van der Waals surface area contributed by atoms with Crippen molar-refractivity contribution in [3.8, 4) is 5.75 Å². The average molecular weight is 427 g/mol. The number of amides is 3. The molecule has 3 amide bonds. The van der Waals surface area contributed by atoms with Gasteiger partial charge in [0.05, 0.1) is 12.0 Å². The number of methoxy groups -OCH3 is 1. The summed E-state index contributed by atoms with van der Waals surface area (Å²) in [6.07, 6.45) is 3.42. The Morgan fingerprint density at radius 3 is 2.84 bits per heavy atom. The summed E-state index contributed by atoms with van der Waals surface area (Å²) in [4.78, 5) is 37.6. The Bertz CT molecular complexity index is 721. The number of benzene rings is 1. The topological polar surface area (TPSA) is 75.7 Å². The molecular formula is C17H19BrN2O4S. The first-order valence-corrected chi connectivity index (χ1v) is 9.42. The van der Waals surface area contributed by atoms with Gasteiger partial charge in [-0.3, -0.25) is 19.3 Å². The van der Waals surface area contributed by atoms with E-state index in [0.29, 0.717) is 17.9 Å². The Balaban J connectivity index is 2.13. The molecule has 0 aliphatic carbocycles. The minimum atomic E-state index is -0.470. The van der Waals surface area contributed by atoms with E-state index in [4.69, 9.17) is 4.74 Å². The second-order valence-electron chi connectivity index (χ2n) is 5.36. The molecule has 0 spiro atoms. The monoisotopic (exact) mass is 426 g/mol. The van der Waals surface area contributed by atoms with Gasteiger partial charge in [0.2, 0.25) is 5.91 Å². The van der Waals surface area contributed by atoms with Crippen molar-refractivity contribution in [3.05, 3.63) is 33.1 Å². The number of nitrogens with zero attached hydrogens (tertiary/aromatic N) is 1. The van der Waals surface area contributed by atoms with Crippen LogP contribution in [0.5, 0.6) is 5.75 Å². The molecule has 0 saturated carbocycles. The molecule has 25 heavy (non-hydrogen) atoms. The number of hydrogen-bond acceptors (Lipinski definition) is 5. The van der Waals surface area contributed by atoms with E-state index in [-0.39, 0.29) is 17.4 Å². The molecule has 0 radical (unpaired) electrons. The van der Waals surface area contributed by atoms with E-state index in [0.717, 1.165) is 34.0 Å². The van der Waals surface area contributed by atoms with Gasteiger partial charge in [-0.2, -0.15) is 0 Å². The number of thioether (sulfide) groups is 1. The normalized spacial score (nSPS) is 15.8. The first-order valence-electron chi connectivity index (χ1n) is 7.82. The van der Waals surface area contributed by atoms with E-state index in [1.54, 1.807) is 18.2 Å². The van der Waals surface area contributed by atoms with Crippen LogP contribution < -0.4 is 10.1 Å². The number of imide groups is 1. The van der Waals surface area contributed by atoms with Crippen molar-refractivity contribution >= 4 is 50.8 Å². The predicted octanol–water partition coefficient (Wildman–Crippen LogP) is 3.41. The molecule has 6 nitrogen and oxygen atoms in total. The molecule has 0 atom stereocenters. The van der Waals surface area contributed by atoms with E-state index in [1.807, 2.05) is 13.0 Å². The minimum Gasteiger partial charge on any atom is -0.496 e. The summed E-state index contributed by atoms with van der Waals surface area (Å²) < 4.78 is 6.10. The number of carbonyl (C=O) groups excluding carboxylic acids is 3. The average Bonchev–Trinajstić information content (AvgIpc) is 2.83. The maximum Gasteiger partial charge on any atom is 0.294 e. The van der Waals surface area contributed by atoms with Crippen LogP contribution in [0.2, 0.25) is 0 Å².